The van der Waals surface area contributed by atoms with Crippen LogP contribution in [0.2, 0.25) is 0 Å². The van der Waals surface area contributed by atoms with Crippen LogP contribution in [-0.2, 0) is 12.8 Å². The van der Waals surface area contributed by atoms with Gasteiger partial charge < -0.3 is 9.73 Å². The van der Waals surface area contributed by atoms with Crippen molar-refractivity contribution in [1.82, 2.24) is 15.3 Å². The van der Waals surface area contributed by atoms with E-state index in [2.05, 4.69) is 24.1 Å². The van der Waals surface area contributed by atoms with Crippen molar-refractivity contribution in [2.45, 2.75) is 33.1 Å². The van der Waals surface area contributed by atoms with Gasteiger partial charge in [0, 0.05) is 11.4 Å². The molecule has 0 aromatic carbocycles. The Morgan fingerprint density at radius 2 is 2.30 bits per heavy atom. The molecule has 0 saturated carbocycles. The summed E-state index contributed by atoms with van der Waals surface area (Å²) < 4.78 is 5.40. The number of hydrogen-bond acceptors (Lipinski definition) is 4. The maximum Gasteiger partial charge on any atom is 0.196 e. The number of rotatable bonds is 4. The Morgan fingerprint density at radius 1 is 1.40 bits per heavy atom. The molecule has 1 atom stereocenters. The van der Waals surface area contributed by atoms with E-state index in [0.29, 0.717) is 5.92 Å². The lowest BCUT2D eigenvalue weighted by molar-refractivity contribution is 0.423. The van der Waals surface area contributed by atoms with Crippen LogP contribution in [0.4, 0.5) is 0 Å². The minimum atomic E-state index is 0.708. The largest absolute Gasteiger partial charge is 0.461 e. The van der Waals surface area contributed by atoms with Crippen LogP contribution in [0, 0.1) is 12.8 Å². The smallest absolute Gasteiger partial charge is 0.196 e. The summed E-state index contributed by atoms with van der Waals surface area (Å²) in [5.74, 6) is 2.18. The number of fused-ring (bicyclic) bond motifs is 1. The van der Waals surface area contributed by atoms with Gasteiger partial charge in [-0.3, -0.25) is 0 Å². The SMILES string of the molecule is CCNCC1CCc2nc(-c3ccco3)nc(C)c2C1. The Balaban J connectivity index is 1.85. The summed E-state index contributed by atoms with van der Waals surface area (Å²) in [7, 11) is 0. The van der Waals surface area contributed by atoms with E-state index < -0.39 is 0 Å². The standard InChI is InChI=1S/C16H21N3O/c1-3-17-10-12-6-7-14-13(9-12)11(2)18-16(19-14)15-5-4-8-20-15/h4-5,8,12,17H,3,6-7,9-10H2,1-2H3. The molecule has 1 aliphatic rings. The van der Waals surface area contributed by atoms with E-state index >= 15 is 0 Å². The second-order valence-electron chi connectivity index (χ2n) is 5.45. The number of aromatic nitrogens is 2. The molecular weight excluding hydrogens is 250 g/mol. The molecule has 4 nitrogen and oxygen atoms in total. The summed E-state index contributed by atoms with van der Waals surface area (Å²) >= 11 is 0. The van der Waals surface area contributed by atoms with Crippen LogP contribution < -0.4 is 5.32 Å². The minimum Gasteiger partial charge on any atom is -0.461 e. The van der Waals surface area contributed by atoms with Gasteiger partial charge in [0.1, 0.15) is 0 Å². The van der Waals surface area contributed by atoms with E-state index in [1.54, 1.807) is 6.26 Å². The second kappa shape index (κ2) is 5.75. The molecule has 0 saturated heterocycles. The lowest BCUT2D eigenvalue weighted by Gasteiger charge is -2.25. The maximum absolute atomic E-state index is 5.40. The van der Waals surface area contributed by atoms with Crippen LogP contribution in [0.15, 0.2) is 22.8 Å². The van der Waals surface area contributed by atoms with E-state index in [9.17, 15) is 0 Å². The molecule has 0 bridgehead atoms. The molecular formula is C16H21N3O. The summed E-state index contributed by atoms with van der Waals surface area (Å²) in [5, 5.41) is 3.45. The summed E-state index contributed by atoms with van der Waals surface area (Å²) in [6.45, 7) is 6.37. The lowest BCUT2D eigenvalue weighted by Crippen LogP contribution is -2.28. The molecule has 0 radical (unpaired) electrons. The third kappa shape index (κ3) is 2.61. The molecule has 0 aliphatic heterocycles. The molecule has 1 N–H and O–H groups in total. The van der Waals surface area contributed by atoms with Crippen molar-refractivity contribution in [3.8, 4) is 11.6 Å². The number of nitrogens with one attached hydrogen (secondary N) is 1. The fourth-order valence-electron chi connectivity index (χ4n) is 2.90. The Kier molecular flexibility index (Phi) is 3.83. The van der Waals surface area contributed by atoms with Crippen molar-refractivity contribution in [3.63, 3.8) is 0 Å². The van der Waals surface area contributed by atoms with Crippen LogP contribution in [0.1, 0.15) is 30.3 Å². The minimum absolute atomic E-state index is 0.708. The van der Waals surface area contributed by atoms with Crippen molar-refractivity contribution < 1.29 is 4.42 Å². The maximum atomic E-state index is 5.40. The average molecular weight is 271 g/mol. The van der Waals surface area contributed by atoms with Gasteiger partial charge in [0.15, 0.2) is 11.6 Å². The van der Waals surface area contributed by atoms with Crippen LogP contribution in [0.5, 0.6) is 0 Å². The molecule has 3 rings (SSSR count). The van der Waals surface area contributed by atoms with Crippen LogP contribution in [0.3, 0.4) is 0 Å². The van der Waals surface area contributed by atoms with Crippen LogP contribution in [0.25, 0.3) is 11.6 Å². The summed E-state index contributed by atoms with van der Waals surface area (Å²) in [5.41, 5.74) is 3.65. The topological polar surface area (TPSA) is 51.0 Å². The first-order valence-corrected chi connectivity index (χ1v) is 7.39. The highest BCUT2D eigenvalue weighted by atomic mass is 16.3. The third-order valence-electron chi connectivity index (χ3n) is 4.01. The molecule has 0 spiro atoms. The number of aryl methyl sites for hydroxylation is 2. The van der Waals surface area contributed by atoms with Gasteiger partial charge in [-0.1, -0.05) is 6.92 Å². The Morgan fingerprint density at radius 3 is 3.05 bits per heavy atom. The zero-order chi connectivity index (χ0) is 13.9. The van der Waals surface area contributed by atoms with Crippen molar-refractivity contribution >= 4 is 0 Å². The highest BCUT2D eigenvalue weighted by Gasteiger charge is 2.23. The summed E-state index contributed by atoms with van der Waals surface area (Å²) in [6, 6.07) is 3.79. The van der Waals surface area contributed by atoms with E-state index in [-0.39, 0.29) is 0 Å². The van der Waals surface area contributed by atoms with Crippen molar-refractivity contribution in [1.29, 1.82) is 0 Å². The van der Waals surface area contributed by atoms with E-state index in [1.165, 1.54) is 17.7 Å². The summed E-state index contributed by atoms with van der Waals surface area (Å²) in [4.78, 5) is 9.32. The van der Waals surface area contributed by atoms with E-state index in [4.69, 9.17) is 9.40 Å². The van der Waals surface area contributed by atoms with Crippen molar-refractivity contribution in [2.75, 3.05) is 13.1 Å². The molecule has 106 valence electrons. The van der Waals surface area contributed by atoms with Crippen LogP contribution >= 0.6 is 0 Å². The normalized spacial score (nSPS) is 18.0. The fraction of sp³-hybridized carbons (Fsp3) is 0.500. The first-order valence-electron chi connectivity index (χ1n) is 7.39. The van der Waals surface area contributed by atoms with E-state index in [0.717, 1.165) is 43.2 Å². The van der Waals surface area contributed by atoms with Gasteiger partial charge in [0.25, 0.3) is 0 Å². The Hall–Kier alpha value is -1.68. The third-order valence-corrected chi connectivity index (χ3v) is 4.01. The lowest BCUT2D eigenvalue weighted by atomic mass is 9.85. The molecule has 2 aromatic rings. The van der Waals surface area contributed by atoms with Gasteiger partial charge in [-0.15, -0.1) is 0 Å². The second-order valence-corrected chi connectivity index (χ2v) is 5.45. The zero-order valence-electron chi connectivity index (χ0n) is 12.1. The first kappa shape index (κ1) is 13.3. The fourth-order valence-corrected chi connectivity index (χ4v) is 2.90. The molecule has 0 amide bonds. The predicted molar refractivity (Wildman–Crippen MR) is 78.5 cm³/mol. The number of nitrogens with zero attached hydrogens (tertiary/aromatic N) is 2. The molecule has 20 heavy (non-hydrogen) atoms. The highest BCUT2D eigenvalue weighted by Crippen LogP contribution is 2.28. The zero-order valence-corrected chi connectivity index (χ0v) is 12.1. The van der Waals surface area contributed by atoms with Gasteiger partial charge >= 0.3 is 0 Å². The van der Waals surface area contributed by atoms with Gasteiger partial charge in [0.2, 0.25) is 0 Å². The molecule has 1 aliphatic carbocycles. The predicted octanol–water partition coefficient (Wildman–Crippen LogP) is 2.76. The molecule has 2 heterocycles. The first-order chi connectivity index (χ1) is 9.78. The van der Waals surface area contributed by atoms with E-state index in [1.807, 2.05) is 12.1 Å². The average Bonchev–Trinajstić information content (AvgIpc) is 2.99. The van der Waals surface area contributed by atoms with Gasteiger partial charge in [-0.25, -0.2) is 9.97 Å². The quantitative estimate of drug-likeness (QED) is 0.929. The Labute approximate surface area is 119 Å². The number of furan rings is 1. The number of hydrogen-bond donors (Lipinski definition) is 1. The molecule has 0 fully saturated rings. The molecule has 2 aromatic heterocycles. The van der Waals surface area contributed by atoms with Gasteiger partial charge in [0.05, 0.1) is 6.26 Å². The molecule has 4 heteroatoms. The van der Waals surface area contributed by atoms with Crippen molar-refractivity contribution in [3.05, 3.63) is 35.3 Å². The monoisotopic (exact) mass is 271 g/mol. The Bertz CT molecular complexity index is 578. The summed E-state index contributed by atoms with van der Waals surface area (Å²) in [6.07, 6.45) is 5.00. The van der Waals surface area contributed by atoms with Gasteiger partial charge in [-0.2, -0.15) is 0 Å². The molecule has 1 unspecified atom stereocenters. The van der Waals surface area contributed by atoms with Crippen LogP contribution in [-0.4, -0.2) is 23.1 Å². The van der Waals surface area contributed by atoms with Gasteiger partial charge in [-0.05, 0) is 62.9 Å². The van der Waals surface area contributed by atoms with Crippen molar-refractivity contribution in [2.24, 2.45) is 5.92 Å². The highest BCUT2D eigenvalue weighted by molar-refractivity contribution is 5.48.